The van der Waals surface area contributed by atoms with Gasteiger partial charge in [0.25, 0.3) is 0 Å². The SMILES string of the molecule is CCCCc1ccc(-c2ccc(CCC)cc2)nc1. The Morgan fingerprint density at radius 2 is 1.53 bits per heavy atom. The Labute approximate surface area is 116 Å². The summed E-state index contributed by atoms with van der Waals surface area (Å²) >= 11 is 0. The largest absolute Gasteiger partial charge is 0.256 e. The molecule has 0 fully saturated rings. The fourth-order valence-corrected chi connectivity index (χ4v) is 2.25. The molecule has 0 atom stereocenters. The Kier molecular flexibility index (Phi) is 5.14. The topological polar surface area (TPSA) is 12.9 Å². The number of aryl methyl sites for hydroxylation is 2. The van der Waals surface area contributed by atoms with E-state index in [0.717, 1.165) is 18.5 Å². The van der Waals surface area contributed by atoms with Crippen LogP contribution in [-0.2, 0) is 12.8 Å². The third-order valence-corrected chi connectivity index (χ3v) is 3.43. The maximum atomic E-state index is 4.58. The lowest BCUT2D eigenvalue weighted by Gasteiger charge is -2.05. The monoisotopic (exact) mass is 253 g/mol. The molecule has 0 aliphatic rings. The molecule has 2 rings (SSSR count). The molecule has 0 bridgehead atoms. The van der Waals surface area contributed by atoms with Crippen LogP contribution in [0.25, 0.3) is 11.3 Å². The van der Waals surface area contributed by atoms with Crippen LogP contribution < -0.4 is 0 Å². The van der Waals surface area contributed by atoms with Crippen molar-refractivity contribution in [3.05, 3.63) is 53.7 Å². The highest BCUT2D eigenvalue weighted by Gasteiger charge is 2.00. The summed E-state index contributed by atoms with van der Waals surface area (Å²) in [6.45, 7) is 4.43. The normalized spacial score (nSPS) is 10.6. The smallest absolute Gasteiger partial charge is 0.0702 e. The summed E-state index contributed by atoms with van der Waals surface area (Å²) in [5.74, 6) is 0. The minimum absolute atomic E-state index is 1.07. The Balaban J connectivity index is 2.08. The van der Waals surface area contributed by atoms with Crippen molar-refractivity contribution in [3.63, 3.8) is 0 Å². The van der Waals surface area contributed by atoms with Crippen LogP contribution in [-0.4, -0.2) is 4.98 Å². The second-order valence-corrected chi connectivity index (χ2v) is 5.10. The number of benzene rings is 1. The molecule has 0 spiro atoms. The van der Waals surface area contributed by atoms with Gasteiger partial charge in [0.05, 0.1) is 5.69 Å². The second-order valence-electron chi connectivity index (χ2n) is 5.10. The highest BCUT2D eigenvalue weighted by molar-refractivity contribution is 5.59. The summed E-state index contributed by atoms with van der Waals surface area (Å²) in [6, 6.07) is 13.1. The van der Waals surface area contributed by atoms with E-state index in [1.807, 2.05) is 6.20 Å². The van der Waals surface area contributed by atoms with Gasteiger partial charge >= 0.3 is 0 Å². The van der Waals surface area contributed by atoms with Gasteiger partial charge in [-0.3, -0.25) is 4.98 Å². The molecule has 0 saturated heterocycles. The number of unbranched alkanes of at least 4 members (excludes halogenated alkanes) is 1. The molecule has 0 radical (unpaired) electrons. The maximum absolute atomic E-state index is 4.58. The van der Waals surface area contributed by atoms with Crippen molar-refractivity contribution in [3.8, 4) is 11.3 Å². The van der Waals surface area contributed by atoms with E-state index in [-0.39, 0.29) is 0 Å². The van der Waals surface area contributed by atoms with E-state index in [1.165, 1.54) is 36.0 Å². The number of nitrogens with zero attached hydrogens (tertiary/aromatic N) is 1. The zero-order chi connectivity index (χ0) is 13.5. The van der Waals surface area contributed by atoms with Gasteiger partial charge in [-0.05, 0) is 36.5 Å². The van der Waals surface area contributed by atoms with Gasteiger partial charge in [-0.2, -0.15) is 0 Å². The van der Waals surface area contributed by atoms with E-state index in [1.54, 1.807) is 0 Å². The molecular weight excluding hydrogens is 230 g/mol. The molecule has 0 aliphatic carbocycles. The highest BCUT2D eigenvalue weighted by Crippen LogP contribution is 2.18. The predicted molar refractivity (Wildman–Crippen MR) is 82.3 cm³/mol. The minimum atomic E-state index is 1.07. The van der Waals surface area contributed by atoms with Gasteiger partial charge in [-0.15, -0.1) is 0 Å². The van der Waals surface area contributed by atoms with Gasteiger partial charge in [0.2, 0.25) is 0 Å². The summed E-state index contributed by atoms with van der Waals surface area (Å²) in [5.41, 5.74) is 5.03. The van der Waals surface area contributed by atoms with E-state index < -0.39 is 0 Å². The van der Waals surface area contributed by atoms with E-state index in [2.05, 4.69) is 55.2 Å². The molecule has 2 aromatic rings. The summed E-state index contributed by atoms with van der Waals surface area (Å²) < 4.78 is 0. The van der Waals surface area contributed by atoms with Crippen molar-refractivity contribution < 1.29 is 0 Å². The molecule has 1 nitrogen and oxygen atoms in total. The first-order chi connectivity index (χ1) is 9.33. The lowest BCUT2D eigenvalue weighted by molar-refractivity contribution is 0.792. The maximum Gasteiger partial charge on any atom is 0.0702 e. The average molecular weight is 253 g/mol. The molecule has 19 heavy (non-hydrogen) atoms. The third-order valence-electron chi connectivity index (χ3n) is 3.43. The van der Waals surface area contributed by atoms with Gasteiger partial charge in [-0.1, -0.05) is 57.0 Å². The van der Waals surface area contributed by atoms with E-state index >= 15 is 0 Å². The van der Waals surface area contributed by atoms with Crippen molar-refractivity contribution in [2.75, 3.05) is 0 Å². The lowest BCUT2D eigenvalue weighted by Crippen LogP contribution is -1.89. The molecule has 1 heteroatoms. The Morgan fingerprint density at radius 3 is 2.11 bits per heavy atom. The average Bonchev–Trinajstić information content (AvgIpc) is 2.47. The standard InChI is InChI=1S/C18H23N/c1-3-5-7-16-10-13-18(19-14-16)17-11-8-15(6-4-2)9-12-17/h8-14H,3-7H2,1-2H3. The summed E-state index contributed by atoms with van der Waals surface area (Å²) in [5, 5.41) is 0. The molecule has 1 aromatic carbocycles. The van der Waals surface area contributed by atoms with Crippen LogP contribution in [0.15, 0.2) is 42.6 Å². The van der Waals surface area contributed by atoms with Crippen molar-refractivity contribution in [1.82, 2.24) is 4.98 Å². The molecular formula is C18H23N. The number of pyridine rings is 1. The van der Waals surface area contributed by atoms with Gasteiger partial charge in [0, 0.05) is 11.8 Å². The van der Waals surface area contributed by atoms with Crippen LogP contribution in [0, 0.1) is 0 Å². The van der Waals surface area contributed by atoms with E-state index in [0.29, 0.717) is 0 Å². The van der Waals surface area contributed by atoms with Crippen molar-refractivity contribution in [1.29, 1.82) is 0 Å². The van der Waals surface area contributed by atoms with Gasteiger partial charge in [0.1, 0.15) is 0 Å². The molecule has 1 heterocycles. The summed E-state index contributed by atoms with van der Waals surface area (Å²) in [4.78, 5) is 4.58. The minimum Gasteiger partial charge on any atom is -0.256 e. The first-order valence-corrected chi connectivity index (χ1v) is 7.37. The third kappa shape index (κ3) is 3.92. The summed E-state index contributed by atoms with van der Waals surface area (Å²) in [7, 11) is 0. The zero-order valence-corrected chi connectivity index (χ0v) is 12.0. The van der Waals surface area contributed by atoms with E-state index in [4.69, 9.17) is 0 Å². The van der Waals surface area contributed by atoms with Gasteiger partial charge in [0.15, 0.2) is 0 Å². The first kappa shape index (κ1) is 13.8. The molecule has 0 amide bonds. The van der Waals surface area contributed by atoms with Crippen LogP contribution in [0.4, 0.5) is 0 Å². The molecule has 0 N–H and O–H groups in total. The number of aromatic nitrogens is 1. The molecule has 0 saturated carbocycles. The van der Waals surface area contributed by atoms with E-state index in [9.17, 15) is 0 Å². The van der Waals surface area contributed by atoms with Crippen molar-refractivity contribution in [2.24, 2.45) is 0 Å². The van der Waals surface area contributed by atoms with Crippen LogP contribution >= 0.6 is 0 Å². The summed E-state index contributed by atoms with van der Waals surface area (Å²) in [6.07, 6.45) is 7.99. The predicted octanol–water partition coefficient (Wildman–Crippen LogP) is 5.04. The lowest BCUT2D eigenvalue weighted by atomic mass is 10.0. The molecule has 0 unspecified atom stereocenters. The number of hydrogen-bond donors (Lipinski definition) is 0. The molecule has 100 valence electrons. The van der Waals surface area contributed by atoms with Gasteiger partial charge < -0.3 is 0 Å². The Bertz CT molecular complexity index is 482. The highest BCUT2D eigenvalue weighted by atomic mass is 14.7. The van der Waals surface area contributed by atoms with Crippen LogP contribution in [0.5, 0.6) is 0 Å². The van der Waals surface area contributed by atoms with Crippen LogP contribution in [0.1, 0.15) is 44.2 Å². The fourth-order valence-electron chi connectivity index (χ4n) is 2.25. The number of rotatable bonds is 6. The Morgan fingerprint density at radius 1 is 0.789 bits per heavy atom. The zero-order valence-electron chi connectivity index (χ0n) is 12.0. The van der Waals surface area contributed by atoms with Crippen LogP contribution in [0.2, 0.25) is 0 Å². The number of hydrogen-bond acceptors (Lipinski definition) is 1. The molecule has 1 aromatic heterocycles. The van der Waals surface area contributed by atoms with Gasteiger partial charge in [-0.25, -0.2) is 0 Å². The fraction of sp³-hybridized carbons (Fsp3) is 0.389. The second kappa shape index (κ2) is 7.08. The molecule has 0 aliphatic heterocycles. The quantitative estimate of drug-likeness (QED) is 0.702. The van der Waals surface area contributed by atoms with Crippen molar-refractivity contribution >= 4 is 0 Å². The van der Waals surface area contributed by atoms with Crippen LogP contribution in [0.3, 0.4) is 0 Å². The Hall–Kier alpha value is -1.63. The first-order valence-electron chi connectivity index (χ1n) is 7.37. The van der Waals surface area contributed by atoms with Crippen molar-refractivity contribution in [2.45, 2.75) is 46.0 Å².